The number of esters is 1. The van der Waals surface area contributed by atoms with Gasteiger partial charge in [0.05, 0.1) is 18.5 Å². The average molecular weight is 461 g/mol. The van der Waals surface area contributed by atoms with Gasteiger partial charge in [-0.25, -0.2) is 0 Å². The van der Waals surface area contributed by atoms with E-state index in [-0.39, 0.29) is 43.2 Å². The number of fused-ring (bicyclic) bond motifs is 1. The number of allylic oxidation sites excluding steroid dienone is 2. The van der Waals surface area contributed by atoms with Crippen molar-refractivity contribution >= 4 is 17.8 Å². The molecule has 6 nitrogen and oxygen atoms in total. The summed E-state index contributed by atoms with van der Waals surface area (Å²) in [4.78, 5) is 38.2. The van der Waals surface area contributed by atoms with E-state index in [0.717, 1.165) is 24.8 Å². The molecule has 0 bridgehead atoms. The summed E-state index contributed by atoms with van der Waals surface area (Å²) in [7, 11) is 0. The van der Waals surface area contributed by atoms with Gasteiger partial charge in [0.1, 0.15) is 6.10 Å². The molecule has 1 heterocycles. The van der Waals surface area contributed by atoms with Gasteiger partial charge in [-0.05, 0) is 48.8 Å². The fraction of sp³-hybridized carbons (Fsp3) is 0.393. The summed E-state index contributed by atoms with van der Waals surface area (Å²) in [6.45, 7) is 0.173. The first-order chi connectivity index (χ1) is 16.6. The highest BCUT2D eigenvalue weighted by Crippen LogP contribution is 2.29. The minimum absolute atomic E-state index is 0.0100. The Morgan fingerprint density at radius 1 is 1.00 bits per heavy atom. The number of aryl methyl sites for hydroxylation is 1. The Kier molecular flexibility index (Phi) is 8.12. The molecule has 2 aliphatic rings. The first-order valence-electron chi connectivity index (χ1n) is 12.1. The first kappa shape index (κ1) is 23.7. The van der Waals surface area contributed by atoms with E-state index in [9.17, 15) is 14.4 Å². The van der Waals surface area contributed by atoms with Crippen LogP contribution in [-0.4, -0.2) is 24.3 Å². The molecule has 0 spiro atoms. The molecule has 0 aromatic heterocycles. The van der Waals surface area contributed by atoms with E-state index in [1.54, 1.807) is 0 Å². The Bertz CT molecular complexity index is 1030. The van der Waals surface area contributed by atoms with E-state index in [4.69, 9.17) is 4.74 Å². The molecule has 34 heavy (non-hydrogen) atoms. The molecule has 1 unspecified atom stereocenters. The van der Waals surface area contributed by atoms with Crippen molar-refractivity contribution in [1.29, 1.82) is 0 Å². The van der Waals surface area contributed by atoms with E-state index in [2.05, 4.69) is 22.8 Å². The Morgan fingerprint density at radius 3 is 2.65 bits per heavy atom. The van der Waals surface area contributed by atoms with E-state index in [0.29, 0.717) is 12.8 Å². The van der Waals surface area contributed by atoms with Crippen LogP contribution < -0.4 is 10.6 Å². The lowest BCUT2D eigenvalue weighted by atomic mass is 9.87. The number of carbonyl (C=O) groups excluding carboxylic acids is 3. The van der Waals surface area contributed by atoms with Gasteiger partial charge in [0.2, 0.25) is 11.8 Å². The lowest BCUT2D eigenvalue weighted by molar-refractivity contribution is -0.150. The molecule has 1 aliphatic heterocycles. The standard InChI is InChI=1S/C28H32N2O4/c31-26(30-24-16-9-14-20-10-7-8-15-23(20)24)18-22-13-5-2-6-17-27(32)34-25(19-29-28(22)33)21-11-3-1-4-12-21/h1-5,7-8,10-12,15,22,24-25H,6,9,13-14,16-19H2,(H,29,33)(H,30,31)/b5-2+/t22-,24?,25-/m0/s1. The normalized spacial score (nSPS) is 24.4. The van der Waals surface area contributed by atoms with Crippen molar-refractivity contribution in [3.05, 3.63) is 83.4 Å². The lowest BCUT2D eigenvalue weighted by Gasteiger charge is -2.27. The topological polar surface area (TPSA) is 84.5 Å². The Morgan fingerprint density at radius 2 is 1.79 bits per heavy atom. The molecule has 0 saturated heterocycles. The zero-order chi connectivity index (χ0) is 23.8. The van der Waals surface area contributed by atoms with E-state index in [1.807, 2.05) is 54.6 Å². The molecule has 0 saturated carbocycles. The third kappa shape index (κ3) is 6.34. The molecule has 3 atom stereocenters. The van der Waals surface area contributed by atoms with Gasteiger partial charge in [-0.1, -0.05) is 66.7 Å². The fourth-order valence-corrected chi connectivity index (χ4v) is 4.69. The predicted molar refractivity (Wildman–Crippen MR) is 130 cm³/mol. The van der Waals surface area contributed by atoms with Crippen molar-refractivity contribution < 1.29 is 19.1 Å². The highest BCUT2D eigenvalue weighted by molar-refractivity contribution is 5.86. The number of ether oxygens (including phenoxy) is 1. The molecule has 4 rings (SSSR count). The summed E-state index contributed by atoms with van der Waals surface area (Å²) < 4.78 is 5.64. The van der Waals surface area contributed by atoms with Gasteiger partial charge in [0, 0.05) is 12.8 Å². The number of amides is 2. The molecule has 178 valence electrons. The van der Waals surface area contributed by atoms with Crippen LogP contribution in [0, 0.1) is 5.92 Å². The Hall–Kier alpha value is -3.41. The monoisotopic (exact) mass is 460 g/mol. The molecule has 2 aromatic rings. The molecule has 0 radical (unpaired) electrons. The van der Waals surface area contributed by atoms with Crippen molar-refractivity contribution in [2.75, 3.05) is 6.54 Å². The van der Waals surface area contributed by atoms with Gasteiger partial charge in [-0.15, -0.1) is 0 Å². The summed E-state index contributed by atoms with van der Waals surface area (Å²) in [6, 6.07) is 17.6. The lowest BCUT2D eigenvalue weighted by Crippen LogP contribution is -2.38. The Balaban J connectivity index is 1.42. The summed E-state index contributed by atoms with van der Waals surface area (Å²) in [5, 5.41) is 6.07. The van der Waals surface area contributed by atoms with Gasteiger partial charge >= 0.3 is 5.97 Å². The Labute approximate surface area is 200 Å². The zero-order valence-corrected chi connectivity index (χ0v) is 19.4. The number of hydrogen-bond acceptors (Lipinski definition) is 4. The van der Waals surface area contributed by atoms with Crippen LogP contribution in [-0.2, 0) is 25.5 Å². The van der Waals surface area contributed by atoms with Crippen LogP contribution in [0.5, 0.6) is 0 Å². The van der Waals surface area contributed by atoms with E-state index in [1.165, 1.54) is 11.1 Å². The SMILES string of the molecule is O=C(C[C@@H]1C/C=C/CCC(=O)O[C@H](c2ccccc2)CNC1=O)NC1CCCc2ccccc21. The average Bonchev–Trinajstić information content (AvgIpc) is 2.85. The van der Waals surface area contributed by atoms with Gasteiger partial charge in [0.15, 0.2) is 0 Å². The van der Waals surface area contributed by atoms with Crippen molar-refractivity contribution in [1.82, 2.24) is 10.6 Å². The highest BCUT2D eigenvalue weighted by atomic mass is 16.5. The first-order valence-corrected chi connectivity index (χ1v) is 12.1. The summed E-state index contributed by atoms with van der Waals surface area (Å²) >= 11 is 0. The maximum absolute atomic E-state index is 13.0. The summed E-state index contributed by atoms with van der Waals surface area (Å²) in [5.74, 6) is -1.10. The molecule has 2 amide bonds. The van der Waals surface area contributed by atoms with Crippen LogP contribution in [0.2, 0.25) is 0 Å². The second kappa shape index (κ2) is 11.6. The number of benzene rings is 2. The van der Waals surface area contributed by atoms with Crippen LogP contribution in [0.4, 0.5) is 0 Å². The van der Waals surface area contributed by atoms with E-state index < -0.39 is 12.0 Å². The van der Waals surface area contributed by atoms with Gasteiger partial charge in [-0.2, -0.15) is 0 Å². The molecule has 0 fully saturated rings. The molecule has 2 aromatic carbocycles. The molecular weight excluding hydrogens is 428 g/mol. The van der Waals surface area contributed by atoms with Gasteiger partial charge < -0.3 is 15.4 Å². The summed E-state index contributed by atoms with van der Waals surface area (Å²) in [5.41, 5.74) is 3.29. The van der Waals surface area contributed by atoms with E-state index >= 15 is 0 Å². The summed E-state index contributed by atoms with van der Waals surface area (Å²) in [6.07, 6.45) is 7.57. The third-order valence-corrected chi connectivity index (χ3v) is 6.52. The zero-order valence-electron chi connectivity index (χ0n) is 19.4. The van der Waals surface area contributed by atoms with Crippen LogP contribution in [0.15, 0.2) is 66.7 Å². The van der Waals surface area contributed by atoms with Gasteiger partial charge in [0.25, 0.3) is 0 Å². The minimum atomic E-state index is -0.561. The van der Waals surface area contributed by atoms with Crippen LogP contribution in [0.3, 0.4) is 0 Å². The second-order valence-electron chi connectivity index (χ2n) is 8.99. The molecular formula is C28H32N2O4. The molecule has 6 heteroatoms. The molecule has 2 N–H and O–H groups in total. The minimum Gasteiger partial charge on any atom is -0.456 e. The largest absolute Gasteiger partial charge is 0.456 e. The molecule has 1 aliphatic carbocycles. The number of rotatable bonds is 4. The van der Waals surface area contributed by atoms with Crippen molar-refractivity contribution in [3.63, 3.8) is 0 Å². The third-order valence-electron chi connectivity index (χ3n) is 6.52. The quantitative estimate of drug-likeness (QED) is 0.526. The van der Waals surface area contributed by atoms with Crippen molar-refractivity contribution in [2.45, 2.75) is 57.1 Å². The number of cyclic esters (lactones) is 1. The van der Waals surface area contributed by atoms with Crippen LogP contribution >= 0.6 is 0 Å². The second-order valence-corrected chi connectivity index (χ2v) is 8.99. The van der Waals surface area contributed by atoms with Crippen LogP contribution in [0.25, 0.3) is 0 Å². The maximum atomic E-state index is 13.0. The smallest absolute Gasteiger partial charge is 0.306 e. The number of nitrogens with one attached hydrogen (secondary N) is 2. The van der Waals surface area contributed by atoms with Crippen LogP contribution in [0.1, 0.15) is 67.4 Å². The number of hydrogen-bond donors (Lipinski definition) is 2. The highest BCUT2D eigenvalue weighted by Gasteiger charge is 2.26. The number of carbonyl (C=O) groups is 3. The van der Waals surface area contributed by atoms with Gasteiger partial charge in [-0.3, -0.25) is 14.4 Å². The predicted octanol–water partition coefficient (Wildman–Crippen LogP) is 4.33. The van der Waals surface area contributed by atoms with Crippen molar-refractivity contribution in [2.24, 2.45) is 5.92 Å². The van der Waals surface area contributed by atoms with Crippen molar-refractivity contribution in [3.8, 4) is 0 Å². The maximum Gasteiger partial charge on any atom is 0.306 e. The fourth-order valence-electron chi connectivity index (χ4n) is 4.69.